The van der Waals surface area contributed by atoms with Crippen LogP contribution in [-0.2, 0) is 0 Å². The van der Waals surface area contributed by atoms with Crippen LogP contribution in [0.4, 0.5) is 0 Å². The van der Waals surface area contributed by atoms with E-state index in [2.05, 4.69) is 13.8 Å². The summed E-state index contributed by atoms with van der Waals surface area (Å²) >= 11 is 6.31. The smallest absolute Gasteiger partial charge is 1.00 e. The molecule has 0 aliphatic heterocycles. The molecule has 0 N–H and O–H groups in total. The number of halogens is 1. The molecule has 0 radical (unpaired) electrons. The molecule has 2 rings (SSSR count). The quantitative estimate of drug-likeness (QED) is 0.199. The van der Waals surface area contributed by atoms with Crippen LogP contribution < -0.4 is 38.4 Å². The molecule has 0 aliphatic carbocycles. The van der Waals surface area contributed by atoms with Crippen molar-refractivity contribution in [2.45, 2.75) is 65.2 Å². The van der Waals surface area contributed by atoms with Crippen LogP contribution in [0.1, 0.15) is 77.0 Å². The van der Waals surface area contributed by atoms with Gasteiger partial charge in [-0.05, 0) is 45.7 Å². The Morgan fingerprint density at radius 1 is 0.909 bits per heavy atom. The molecule has 2 aromatic carbocycles. The van der Waals surface area contributed by atoms with Gasteiger partial charge in [-0.25, -0.2) is 0 Å². The van der Waals surface area contributed by atoms with E-state index in [4.69, 9.17) is 25.8 Å². The van der Waals surface area contributed by atoms with Crippen LogP contribution >= 0.6 is 20.2 Å². The normalized spacial score (nSPS) is 10.8. The number of ether oxygens (including phenoxy) is 3. The number of benzene rings is 2. The standard InChI is InChI=1S/C26H36ClO4P.Li.H/c1-4-6-8-10-17-30-20-15-16-24(23(19-20)31-18-11-9-7-5-2)32-26(28)25-21(27)13-12-14-22(25)29-3;;/h12-16,19,32H,4-11,17-18H2,1-3H3;;/q;+1;-1. The summed E-state index contributed by atoms with van der Waals surface area (Å²) in [6.07, 6.45) is 9.15. The van der Waals surface area contributed by atoms with Gasteiger partial charge in [-0.3, -0.25) is 4.79 Å². The molecule has 7 heteroatoms. The minimum absolute atomic E-state index is 0. The van der Waals surface area contributed by atoms with Crippen molar-refractivity contribution in [1.82, 2.24) is 0 Å². The van der Waals surface area contributed by atoms with Crippen molar-refractivity contribution in [3.8, 4) is 17.2 Å². The molecule has 0 saturated carbocycles. The number of carbonyl (C=O) groups is 1. The number of carbonyl (C=O) groups excluding carboxylic acids is 1. The summed E-state index contributed by atoms with van der Waals surface area (Å²) in [5.41, 5.74) is 0.344. The van der Waals surface area contributed by atoms with Gasteiger partial charge in [0.1, 0.15) is 17.2 Å². The van der Waals surface area contributed by atoms with Crippen molar-refractivity contribution in [3.05, 3.63) is 47.0 Å². The van der Waals surface area contributed by atoms with E-state index in [0.29, 0.717) is 35.3 Å². The van der Waals surface area contributed by atoms with E-state index in [-0.39, 0.29) is 34.4 Å². The average Bonchev–Trinajstić information content (AvgIpc) is 2.79. The fourth-order valence-electron chi connectivity index (χ4n) is 3.32. The third-order valence-corrected chi connectivity index (χ3v) is 6.62. The predicted molar refractivity (Wildman–Crippen MR) is 137 cm³/mol. The SMILES string of the molecule is CCCCCCOc1ccc(PC(=O)c2c(Cl)cccc2OC)c(OCCCCCC)c1.[H-].[Li+]. The summed E-state index contributed by atoms with van der Waals surface area (Å²) < 4.78 is 17.4. The Balaban J connectivity index is 0.00000544. The number of rotatable bonds is 16. The molecule has 0 spiro atoms. The maximum Gasteiger partial charge on any atom is 1.00 e. The summed E-state index contributed by atoms with van der Waals surface area (Å²) in [6, 6.07) is 11.0. The molecule has 0 saturated heterocycles. The predicted octanol–water partition coefficient (Wildman–Crippen LogP) is 4.53. The fourth-order valence-corrected chi connectivity index (χ4v) is 4.72. The van der Waals surface area contributed by atoms with Crippen molar-refractivity contribution in [1.29, 1.82) is 0 Å². The second-order valence-corrected chi connectivity index (χ2v) is 9.40. The Hall–Kier alpha value is -1.17. The van der Waals surface area contributed by atoms with Gasteiger partial charge in [0.05, 0.1) is 30.9 Å². The van der Waals surface area contributed by atoms with Gasteiger partial charge in [0, 0.05) is 11.4 Å². The number of unbranched alkanes of at least 4 members (excludes halogenated alkanes) is 6. The summed E-state index contributed by atoms with van der Waals surface area (Å²) in [6.45, 7) is 5.70. The molecule has 1 unspecified atom stereocenters. The van der Waals surface area contributed by atoms with Crippen molar-refractivity contribution in [3.63, 3.8) is 0 Å². The van der Waals surface area contributed by atoms with E-state index in [0.717, 1.165) is 30.3 Å². The minimum atomic E-state index is -0.123. The zero-order valence-electron chi connectivity index (χ0n) is 21.5. The Morgan fingerprint density at radius 2 is 1.58 bits per heavy atom. The van der Waals surface area contributed by atoms with Crippen LogP contribution in [-0.4, -0.2) is 25.8 Å². The minimum Gasteiger partial charge on any atom is -1.00 e. The van der Waals surface area contributed by atoms with E-state index < -0.39 is 0 Å². The van der Waals surface area contributed by atoms with Gasteiger partial charge in [-0.1, -0.05) is 70.0 Å². The van der Waals surface area contributed by atoms with Crippen LogP contribution in [0.25, 0.3) is 0 Å². The maximum absolute atomic E-state index is 13.1. The van der Waals surface area contributed by atoms with Gasteiger partial charge < -0.3 is 15.6 Å². The van der Waals surface area contributed by atoms with Crippen molar-refractivity contribution in [2.24, 2.45) is 0 Å². The Kier molecular flexibility index (Phi) is 15.6. The molecular formula is C26H37ClLiO4P. The van der Waals surface area contributed by atoms with Crippen molar-refractivity contribution < 1.29 is 39.3 Å². The van der Waals surface area contributed by atoms with E-state index in [1.54, 1.807) is 25.3 Å². The molecule has 0 amide bonds. The molecule has 2 aromatic rings. The van der Waals surface area contributed by atoms with Gasteiger partial charge >= 0.3 is 18.9 Å². The van der Waals surface area contributed by atoms with E-state index in [1.807, 2.05) is 18.2 Å². The first-order chi connectivity index (χ1) is 15.6. The molecule has 4 nitrogen and oxygen atoms in total. The van der Waals surface area contributed by atoms with Crippen molar-refractivity contribution in [2.75, 3.05) is 20.3 Å². The van der Waals surface area contributed by atoms with Crippen LogP contribution in [0.2, 0.25) is 5.02 Å². The van der Waals surface area contributed by atoms with E-state index in [1.165, 1.54) is 32.1 Å². The molecule has 0 bridgehead atoms. The summed E-state index contributed by atoms with van der Waals surface area (Å²) in [5, 5.41) is 1.25. The van der Waals surface area contributed by atoms with Gasteiger partial charge in [-0.15, -0.1) is 0 Å². The van der Waals surface area contributed by atoms with Crippen molar-refractivity contribution >= 4 is 31.0 Å². The molecule has 1 atom stereocenters. The van der Waals surface area contributed by atoms with Crippen LogP contribution in [0.3, 0.4) is 0 Å². The topological polar surface area (TPSA) is 44.8 Å². The summed E-state index contributed by atoms with van der Waals surface area (Å²) in [7, 11) is 1.42. The molecule has 0 aliphatic rings. The number of methoxy groups -OCH3 is 1. The third-order valence-electron chi connectivity index (χ3n) is 5.15. The molecular weight excluding hydrogens is 450 g/mol. The van der Waals surface area contributed by atoms with Crippen LogP contribution in [0.15, 0.2) is 36.4 Å². The first-order valence-corrected chi connectivity index (χ1v) is 13.0. The second-order valence-electron chi connectivity index (χ2n) is 7.75. The number of hydrogen-bond acceptors (Lipinski definition) is 4. The molecule has 33 heavy (non-hydrogen) atoms. The van der Waals surface area contributed by atoms with Gasteiger partial charge in [0.25, 0.3) is 0 Å². The molecule has 0 aromatic heterocycles. The van der Waals surface area contributed by atoms with Gasteiger partial charge in [-0.2, -0.15) is 0 Å². The Morgan fingerprint density at radius 3 is 2.21 bits per heavy atom. The Bertz CT molecular complexity index is 854. The number of hydrogen-bond donors (Lipinski definition) is 0. The van der Waals surface area contributed by atoms with Crippen LogP contribution in [0, 0.1) is 0 Å². The maximum atomic E-state index is 13.1. The molecule has 0 heterocycles. The van der Waals surface area contributed by atoms with Gasteiger partial charge in [0.2, 0.25) is 0 Å². The first kappa shape index (κ1) is 29.9. The molecule has 0 fully saturated rings. The monoisotopic (exact) mass is 486 g/mol. The second kappa shape index (κ2) is 17.3. The zero-order valence-corrected chi connectivity index (χ0v) is 22.3. The molecule has 178 valence electrons. The Labute approximate surface area is 219 Å². The summed E-state index contributed by atoms with van der Waals surface area (Å²) in [4.78, 5) is 13.1. The first-order valence-electron chi connectivity index (χ1n) is 11.6. The van der Waals surface area contributed by atoms with E-state index >= 15 is 0 Å². The zero-order chi connectivity index (χ0) is 23.2. The van der Waals surface area contributed by atoms with E-state index in [9.17, 15) is 4.79 Å². The third kappa shape index (κ3) is 10.3. The largest absolute Gasteiger partial charge is 1.00 e. The average molecular weight is 487 g/mol. The van der Waals surface area contributed by atoms with Gasteiger partial charge in [0.15, 0.2) is 5.52 Å². The summed E-state index contributed by atoms with van der Waals surface area (Å²) in [5.74, 6) is 1.98. The van der Waals surface area contributed by atoms with Crippen LogP contribution in [0.5, 0.6) is 17.2 Å². The fraction of sp³-hybridized carbons (Fsp3) is 0.500.